The first-order chi connectivity index (χ1) is 14.8. The van der Waals surface area contributed by atoms with Crippen LogP contribution in [0.3, 0.4) is 0 Å². The summed E-state index contributed by atoms with van der Waals surface area (Å²) >= 11 is 1.24. The lowest BCUT2D eigenvalue weighted by atomic mass is 10.2. The maximum Gasteiger partial charge on any atom is 0.260 e. The molecule has 3 rings (SSSR count). The van der Waals surface area contributed by atoms with Crippen molar-refractivity contribution in [2.45, 2.75) is 25.7 Å². The number of hydrogen-bond donors (Lipinski definition) is 0. The van der Waals surface area contributed by atoms with Crippen molar-refractivity contribution >= 4 is 42.4 Å². The summed E-state index contributed by atoms with van der Waals surface area (Å²) in [5.41, 5.74) is 0.892. The fourth-order valence-electron chi connectivity index (χ4n) is 3.21. The smallest absolute Gasteiger partial charge is 0.260 e. The van der Waals surface area contributed by atoms with E-state index in [1.807, 2.05) is 0 Å². The summed E-state index contributed by atoms with van der Waals surface area (Å²) in [7, 11) is -3.44. The van der Waals surface area contributed by atoms with Gasteiger partial charge in [-0.3, -0.25) is 9.69 Å². The van der Waals surface area contributed by atoms with Gasteiger partial charge < -0.3 is 4.90 Å². The van der Waals surface area contributed by atoms with E-state index in [0.29, 0.717) is 28.4 Å². The third-order valence-corrected chi connectivity index (χ3v) is 7.94. The Morgan fingerprint density at radius 1 is 1.06 bits per heavy atom. The number of amides is 1. The van der Waals surface area contributed by atoms with Crippen LogP contribution in [-0.4, -0.2) is 56.1 Å². The van der Waals surface area contributed by atoms with Gasteiger partial charge in [0.2, 0.25) is 0 Å². The van der Waals surface area contributed by atoms with Crippen LogP contribution in [0.2, 0.25) is 0 Å². The zero-order valence-electron chi connectivity index (χ0n) is 17.8. The molecule has 0 saturated heterocycles. The molecule has 0 aliphatic carbocycles. The van der Waals surface area contributed by atoms with E-state index in [2.05, 4.69) is 23.7 Å². The monoisotopic (exact) mass is 463 g/mol. The second kappa shape index (κ2) is 9.84. The zero-order chi connectivity index (χ0) is 22.6. The van der Waals surface area contributed by atoms with Crippen LogP contribution < -0.4 is 4.90 Å². The first-order valence-electron chi connectivity index (χ1n) is 10.2. The van der Waals surface area contributed by atoms with Crippen molar-refractivity contribution in [3.05, 3.63) is 53.8 Å². The van der Waals surface area contributed by atoms with Crippen molar-refractivity contribution in [2.24, 2.45) is 0 Å². The Hall–Kier alpha value is -2.36. The summed E-state index contributed by atoms with van der Waals surface area (Å²) < 4.78 is 38.9. The average molecular weight is 464 g/mol. The molecule has 0 radical (unpaired) electrons. The number of likely N-dealkylation sites (N-methyl/N-ethyl adjacent to an activating group) is 1. The minimum atomic E-state index is -3.44. The third-order valence-electron chi connectivity index (χ3n) is 5.17. The highest BCUT2D eigenvalue weighted by molar-refractivity contribution is 7.91. The highest BCUT2D eigenvalue weighted by Crippen LogP contribution is 2.30. The van der Waals surface area contributed by atoms with Crippen LogP contribution in [0.1, 0.15) is 31.1 Å². The minimum absolute atomic E-state index is 0.0419. The normalized spacial score (nSPS) is 11.9. The van der Waals surface area contributed by atoms with Crippen LogP contribution in [0.4, 0.5) is 9.52 Å². The molecule has 1 heterocycles. The summed E-state index contributed by atoms with van der Waals surface area (Å²) in [6, 6.07) is 10.4. The van der Waals surface area contributed by atoms with Gasteiger partial charge >= 0.3 is 0 Å². The number of carbonyl (C=O) groups is 1. The molecule has 0 N–H and O–H groups in total. The molecule has 0 atom stereocenters. The molecule has 0 unspecified atom stereocenters. The summed E-state index contributed by atoms with van der Waals surface area (Å²) in [4.78, 5) is 21.8. The maximum atomic E-state index is 13.6. The number of hydrogen-bond acceptors (Lipinski definition) is 6. The second-order valence-electron chi connectivity index (χ2n) is 7.02. The Kier molecular flexibility index (Phi) is 7.40. The molecule has 31 heavy (non-hydrogen) atoms. The van der Waals surface area contributed by atoms with Gasteiger partial charge in [0, 0.05) is 18.7 Å². The van der Waals surface area contributed by atoms with Crippen molar-refractivity contribution in [3.63, 3.8) is 0 Å². The molecular formula is C22H26FN3O3S2. The number of halogens is 1. The lowest BCUT2D eigenvalue weighted by molar-refractivity contribution is 0.0983. The van der Waals surface area contributed by atoms with E-state index in [4.69, 9.17) is 0 Å². The largest absolute Gasteiger partial charge is 0.302 e. The molecule has 1 amide bonds. The molecule has 0 aliphatic heterocycles. The Balaban J connectivity index is 2.00. The van der Waals surface area contributed by atoms with E-state index in [1.165, 1.54) is 35.6 Å². The summed E-state index contributed by atoms with van der Waals surface area (Å²) in [5.74, 6) is -0.735. The number of aromatic nitrogens is 1. The Morgan fingerprint density at radius 3 is 2.48 bits per heavy atom. The van der Waals surface area contributed by atoms with Crippen molar-refractivity contribution in [3.8, 4) is 0 Å². The molecule has 2 aromatic carbocycles. The lowest BCUT2D eigenvalue weighted by Crippen LogP contribution is -2.39. The van der Waals surface area contributed by atoms with Crippen LogP contribution in [0, 0.1) is 5.82 Å². The van der Waals surface area contributed by atoms with Crippen LogP contribution >= 0.6 is 11.3 Å². The average Bonchev–Trinajstić information content (AvgIpc) is 3.19. The standard InChI is InChI=1S/C22H26FN3O3S2/c1-4-25(5-2)12-13-26(22-24-19-11-10-17(23)15-20(19)30-22)21(27)16-8-7-9-18(14-16)31(28,29)6-3/h7-11,14-15H,4-6,12-13H2,1-3H3. The predicted octanol–water partition coefficient (Wildman–Crippen LogP) is 4.22. The van der Waals surface area contributed by atoms with E-state index in [9.17, 15) is 17.6 Å². The van der Waals surface area contributed by atoms with E-state index in [1.54, 1.807) is 30.0 Å². The highest BCUT2D eigenvalue weighted by Gasteiger charge is 2.23. The molecule has 1 aromatic heterocycles. The van der Waals surface area contributed by atoms with Gasteiger partial charge in [0.25, 0.3) is 5.91 Å². The quantitative estimate of drug-likeness (QED) is 0.475. The third kappa shape index (κ3) is 5.28. The summed E-state index contributed by atoms with van der Waals surface area (Å²) in [5, 5.41) is 0.460. The van der Waals surface area contributed by atoms with Crippen LogP contribution in [0.25, 0.3) is 10.2 Å². The van der Waals surface area contributed by atoms with Crippen molar-refractivity contribution in [2.75, 3.05) is 36.8 Å². The van der Waals surface area contributed by atoms with Gasteiger partial charge in [0.05, 0.1) is 20.9 Å². The number of carbonyl (C=O) groups excluding carboxylic acids is 1. The number of nitrogens with zero attached hydrogens (tertiary/aromatic N) is 3. The van der Waals surface area contributed by atoms with Gasteiger partial charge in [-0.2, -0.15) is 0 Å². The number of thiazole rings is 1. The van der Waals surface area contributed by atoms with Crippen LogP contribution in [0.5, 0.6) is 0 Å². The van der Waals surface area contributed by atoms with Crippen LogP contribution in [0.15, 0.2) is 47.4 Å². The fourth-order valence-corrected chi connectivity index (χ4v) is 5.15. The molecular weight excluding hydrogens is 437 g/mol. The van der Waals surface area contributed by atoms with Gasteiger partial charge in [-0.15, -0.1) is 0 Å². The van der Waals surface area contributed by atoms with Gasteiger partial charge in [0.1, 0.15) is 5.82 Å². The number of benzene rings is 2. The topological polar surface area (TPSA) is 70.6 Å². The van der Waals surface area contributed by atoms with Gasteiger partial charge in [0.15, 0.2) is 15.0 Å². The van der Waals surface area contributed by atoms with E-state index in [-0.39, 0.29) is 27.9 Å². The molecule has 0 bridgehead atoms. The molecule has 9 heteroatoms. The zero-order valence-corrected chi connectivity index (χ0v) is 19.5. The molecule has 166 valence electrons. The summed E-state index contributed by atoms with van der Waals surface area (Å²) in [6.07, 6.45) is 0. The highest BCUT2D eigenvalue weighted by atomic mass is 32.2. The fraction of sp³-hybridized carbons (Fsp3) is 0.364. The molecule has 0 aliphatic rings. The number of sulfone groups is 1. The van der Waals surface area contributed by atoms with E-state index >= 15 is 0 Å². The Bertz CT molecular complexity index is 1170. The van der Waals surface area contributed by atoms with Gasteiger partial charge in [-0.25, -0.2) is 17.8 Å². The SMILES string of the molecule is CCN(CC)CCN(C(=O)c1cccc(S(=O)(=O)CC)c1)c1nc2ccc(F)cc2s1. The summed E-state index contributed by atoms with van der Waals surface area (Å²) in [6.45, 7) is 8.37. The number of rotatable bonds is 9. The molecule has 3 aromatic rings. The molecule has 0 saturated carbocycles. The number of anilines is 1. The first-order valence-corrected chi connectivity index (χ1v) is 12.7. The van der Waals surface area contributed by atoms with Gasteiger partial charge in [-0.1, -0.05) is 38.2 Å². The van der Waals surface area contributed by atoms with Crippen molar-refractivity contribution in [1.29, 1.82) is 0 Å². The van der Waals surface area contributed by atoms with Crippen LogP contribution in [-0.2, 0) is 9.84 Å². The second-order valence-corrected chi connectivity index (χ2v) is 10.3. The first kappa shape index (κ1) is 23.3. The molecule has 0 spiro atoms. The Morgan fingerprint density at radius 2 is 1.81 bits per heavy atom. The Labute approximate surface area is 186 Å². The van der Waals surface area contributed by atoms with E-state index < -0.39 is 9.84 Å². The lowest BCUT2D eigenvalue weighted by Gasteiger charge is -2.25. The maximum absolute atomic E-state index is 13.6. The van der Waals surface area contributed by atoms with Crippen molar-refractivity contribution in [1.82, 2.24) is 9.88 Å². The van der Waals surface area contributed by atoms with Gasteiger partial charge in [-0.05, 0) is 49.5 Å². The number of fused-ring (bicyclic) bond motifs is 1. The predicted molar refractivity (Wildman–Crippen MR) is 123 cm³/mol. The van der Waals surface area contributed by atoms with E-state index in [0.717, 1.165) is 13.1 Å². The molecule has 6 nitrogen and oxygen atoms in total. The molecule has 0 fully saturated rings. The minimum Gasteiger partial charge on any atom is -0.302 e. The van der Waals surface area contributed by atoms with Crippen molar-refractivity contribution < 1.29 is 17.6 Å².